The van der Waals surface area contributed by atoms with Gasteiger partial charge in [0.2, 0.25) is 0 Å². The molecular weight excluding hydrogens is 1060 g/mol. The van der Waals surface area contributed by atoms with Crippen molar-refractivity contribution >= 4 is 75.5 Å². The average molecular weight is 1140 g/mol. The van der Waals surface area contributed by atoms with Crippen molar-refractivity contribution in [1.82, 2.24) is 0 Å². The first kappa shape index (κ1) is 59.7. The first-order valence-corrected chi connectivity index (χ1v) is 31.3. The molecule has 1 aliphatic rings. The zero-order chi connectivity index (χ0) is 59.3. The molecule has 0 radical (unpaired) electrons. The second kappa shape index (κ2) is 30.3. The summed E-state index contributed by atoms with van der Waals surface area (Å²) in [7, 11) is 0. The number of benzene rings is 10. The minimum atomic E-state index is -0.104. The Hall–Kier alpha value is -9.04. The summed E-state index contributed by atoms with van der Waals surface area (Å²) in [5.41, 5.74) is 19.3. The van der Waals surface area contributed by atoms with Gasteiger partial charge in [-0.05, 0) is 192 Å². The lowest BCUT2D eigenvalue weighted by molar-refractivity contribution is -0.199. The van der Waals surface area contributed by atoms with E-state index in [1.54, 1.807) is 0 Å². The Morgan fingerprint density at radius 3 is 1.18 bits per heavy atom. The largest absolute Gasteiger partial charge is 0.377 e. The van der Waals surface area contributed by atoms with Gasteiger partial charge >= 0.3 is 0 Å². The van der Waals surface area contributed by atoms with Crippen LogP contribution in [0.3, 0.4) is 0 Å². The SMILES string of the molecule is CCCCCCCCc1ccc(N(c2ccc(/C=C/c3ccc(N(c4ccccc4)c4ccccc4)cc3)cc2)c2ccc(/C=C/c3ccc(N(c4ccccc4)c4cccc(-c5cccc(COCCCCOC6(C)COC6)c5)c4)cc3)cc2)cc1. The molecule has 10 aromatic rings. The molecule has 0 N–H and O–H groups in total. The Morgan fingerprint density at radius 1 is 0.356 bits per heavy atom. The lowest BCUT2D eigenvalue weighted by Crippen LogP contribution is -2.49. The smallest absolute Gasteiger partial charge is 0.112 e. The Kier molecular flexibility index (Phi) is 20.8. The van der Waals surface area contributed by atoms with Crippen LogP contribution in [0.1, 0.15) is 98.6 Å². The highest BCUT2D eigenvalue weighted by Crippen LogP contribution is 2.39. The molecule has 87 heavy (non-hydrogen) atoms. The van der Waals surface area contributed by atoms with E-state index >= 15 is 0 Å². The van der Waals surface area contributed by atoms with E-state index in [-0.39, 0.29) is 5.60 Å². The molecule has 1 fully saturated rings. The molecule has 10 aromatic carbocycles. The number of hydrogen-bond acceptors (Lipinski definition) is 6. The van der Waals surface area contributed by atoms with Gasteiger partial charge in [0.15, 0.2) is 0 Å². The van der Waals surface area contributed by atoms with Crippen molar-refractivity contribution in [2.45, 2.75) is 83.8 Å². The number of anilines is 9. The van der Waals surface area contributed by atoms with Gasteiger partial charge in [-0.15, -0.1) is 0 Å². The predicted octanol–water partition coefficient (Wildman–Crippen LogP) is 22.1. The first-order chi connectivity index (χ1) is 42.9. The lowest BCUT2D eigenvalue weighted by atomic mass is 10.0. The minimum Gasteiger partial charge on any atom is -0.377 e. The highest BCUT2D eigenvalue weighted by Gasteiger charge is 2.34. The molecule has 1 saturated heterocycles. The Balaban J connectivity index is 0.767. The average Bonchev–Trinajstić information content (AvgIpc) is 2.82. The Bertz CT molecular complexity index is 3690. The number of hydrogen-bond donors (Lipinski definition) is 0. The van der Waals surface area contributed by atoms with Crippen molar-refractivity contribution in [3.05, 3.63) is 294 Å². The van der Waals surface area contributed by atoms with Gasteiger partial charge in [-0.1, -0.05) is 209 Å². The molecule has 6 nitrogen and oxygen atoms in total. The van der Waals surface area contributed by atoms with E-state index in [4.69, 9.17) is 14.2 Å². The van der Waals surface area contributed by atoms with E-state index in [1.807, 2.05) is 0 Å². The molecule has 0 unspecified atom stereocenters. The van der Waals surface area contributed by atoms with Crippen LogP contribution in [-0.4, -0.2) is 32.0 Å². The van der Waals surface area contributed by atoms with E-state index < -0.39 is 0 Å². The van der Waals surface area contributed by atoms with E-state index in [1.165, 1.54) is 44.1 Å². The molecule has 6 heteroatoms. The van der Waals surface area contributed by atoms with Crippen molar-refractivity contribution in [3.8, 4) is 11.1 Å². The van der Waals surface area contributed by atoms with Crippen molar-refractivity contribution in [2.24, 2.45) is 0 Å². The fourth-order valence-electron chi connectivity index (χ4n) is 11.3. The number of para-hydroxylation sites is 3. The maximum absolute atomic E-state index is 6.12. The van der Waals surface area contributed by atoms with Gasteiger partial charge in [0, 0.05) is 64.4 Å². The summed E-state index contributed by atoms with van der Waals surface area (Å²) in [5, 5.41) is 0. The third-order valence-electron chi connectivity index (χ3n) is 16.2. The molecule has 0 atom stereocenters. The van der Waals surface area contributed by atoms with Crippen molar-refractivity contribution in [3.63, 3.8) is 0 Å². The quantitative estimate of drug-likeness (QED) is 0.0344. The molecule has 438 valence electrons. The van der Waals surface area contributed by atoms with Gasteiger partial charge in [-0.2, -0.15) is 0 Å². The number of aryl methyl sites for hydroxylation is 1. The molecule has 0 spiro atoms. The topological polar surface area (TPSA) is 37.4 Å². The van der Waals surface area contributed by atoms with Gasteiger partial charge < -0.3 is 28.9 Å². The Morgan fingerprint density at radius 2 is 0.736 bits per heavy atom. The van der Waals surface area contributed by atoms with Crippen molar-refractivity contribution in [1.29, 1.82) is 0 Å². The molecule has 0 aromatic heterocycles. The second-order valence-electron chi connectivity index (χ2n) is 23.0. The number of ether oxygens (including phenoxy) is 3. The van der Waals surface area contributed by atoms with Gasteiger partial charge in [0.05, 0.1) is 19.8 Å². The van der Waals surface area contributed by atoms with Crippen LogP contribution >= 0.6 is 0 Å². The van der Waals surface area contributed by atoms with Gasteiger partial charge in [0.1, 0.15) is 5.60 Å². The summed E-state index contributed by atoms with van der Waals surface area (Å²) >= 11 is 0. The number of unbranched alkanes of at least 4 members (excludes halogenated alkanes) is 6. The molecule has 1 aliphatic heterocycles. The zero-order valence-corrected chi connectivity index (χ0v) is 50.6. The highest BCUT2D eigenvalue weighted by molar-refractivity contribution is 5.83. The minimum absolute atomic E-state index is 0.104. The van der Waals surface area contributed by atoms with Gasteiger partial charge in [-0.3, -0.25) is 0 Å². The fourth-order valence-corrected chi connectivity index (χ4v) is 11.3. The molecule has 11 rings (SSSR count). The monoisotopic (exact) mass is 1140 g/mol. The first-order valence-electron chi connectivity index (χ1n) is 31.3. The third-order valence-corrected chi connectivity index (χ3v) is 16.2. The van der Waals surface area contributed by atoms with Gasteiger partial charge in [-0.25, -0.2) is 0 Å². The molecule has 0 amide bonds. The van der Waals surface area contributed by atoms with E-state index in [0.717, 1.165) is 116 Å². The molecule has 1 heterocycles. The summed E-state index contributed by atoms with van der Waals surface area (Å²) in [6.45, 7) is 7.80. The van der Waals surface area contributed by atoms with Gasteiger partial charge in [0.25, 0.3) is 0 Å². The number of nitrogens with zero attached hydrogens (tertiary/aromatic N) is 3. The fraction of sp³-hybridized carbons (Fsp3) is 0.210. The van der Waals surface area contributed by atoms with Crippen LogP contribution in [0.5, 0.6) is 0 Å². The highest BCUT2D eigenvalue weighted by atomic mass is 16.6. The van der Waals surface area contributed by atoms with Crippen LogP contribution in [0.4, 0.5) is 51.2 Å². The summed E-state index contributed by atoms with van der Waals surface area (Å²) in [6, 6.07) is 93.9. The maximum Gasteiger partial charge on any atom is 0.112 e. The van der Waals surface area contributed by atoms with E-state index in [0.29, 0.717) is 26.4 Å². The van der Waals surface area contributed by atoms with Crippen molar-refractivity contribution < 1.29 is 14.2 Å². The van der Waals surface area contributed by atoms with Crippen LogP contribution in [-0.2, 0) is 27.2 Å². The second-order valence-corrected chi connectivity index (χ2v) is 23.0. The van der Waals surface area contributed by atoms with Crippen LogP contribution in [0.25, 0.3) is 35.4 Å². The standard InChI is InChI=1S/C81H81N3O3/c1-3-4-5-6-7-11-22-64-37-47-76(48-38-64)83(77-51-41-66(42-52-77)34-33-65-39-49-75(50-40-65)82(72-26-12-8-13-27-72)73-28-14-9-15-29-73)78-53-43-67(44-54-78)35-36-68-45-55-79(56-46-68)84(74-30-16-10-17-31-74)80-32-21-25-71(60-80)70-24-20-23-69(59-70)61-85-57-18-19-58-87-81(2)62-86-63-81/h8-10,12-17,20-21,23-56,59-60H,3-7,11,18-19,22,57-58,61-63H2,1-2H3/b34-33+,36-35+. The van der Waals surface area contributed by atoms with Crippen molar-refractivity contribution in [2.75, 3.05) is 41.1 Å². The summed E-state index contributed by atoms with van der Waals surface area (Å²) in [4.78, 5) is 6.99. The maximum atomic E-state index is 6.12. The van der Waals surface area contributed by atoms with Crippen LogP contribution in [0.2, 0.25) is 0 Å². The molecule has 0 saturated carbocycles. The predicted molar refractivity (Wildman–Crippen MR) is 368 cm³/mol. The summed E-state index contributed by atoms with van der Waals surface area (Å²) in [6.07, 6.45) is 19.7. The third kappa shape index (κ3) is 16.5. The van der Waals surface area contributed by atoms with Crippen LogP contribution in [0, 0.1) is 0 Å². The normalized spacial score (nSPS) is 12.8. The number of rotatable bonds is 29. The van der Waals surface area contributed by atoms with Crippen LogP contribution < -0.4 is 14.7 Å². The molecule has 0 aliphatic carbocycles. The zero-order valence-electron chi connectivity index (χ0n) is 50.6. The molecule has 0 bridgehead atoms. The van der Waals surface area contributed by atoms with E-state index in [2.05, 4.69) is 314 Å². The van der Waals surface area contributed by atoms with E-state index in [9.17, 15) is 0 Å². The Labute approximate surface area is 517 Å². The lowest BCUT2D eigenvalue weighted by Gasteiger charge is -2.37. The summed E-state index contributed by atoms with van der Waals surface area (Å²) in [5.74, 6) is 0. The van der Waals surface area contributed by atoms with Crippen LogP contribution in [0.15, 0.2) is 261 Å². The summed E-state index contributed by atoms with van der Waals surface area (Å²) < 4.78 is 17.4. The molecular formula is C81H81N3O3.